The van der Waals surface area contributed by atoms with E-state index in [0.29, 0.717) is 32.0 Å². The molecular weight excluding hydrogens is 306 g/mol. The highest BCUT2D eigenvalue weighted by atomic mass is 16.5. The number of methoxy groups -OCH3 is 1. The molecule has 1 fully saturated rings. The maximum Gasteiger partial charge on any atom is 0.315 e. The second kappa shape index (κ2) is 9.80. The van der Waals surface area contributed by atoms with Gasteiger partial charge in [-0.05, 0) is 24.8 Å². The summed E-state index contributed by atoms with van der Waals surface area (Å²) in [6.45, 7) is 1.26. The van der Waals surface area contributed by atoms with Crippen LogP contribution >= 0.6 is 0 Å². The molecule has 0 atom stereocenters. The summed E-state index contributed by atoms with van der Waals surface area (Å²) >= 11 is 0. The highest BCUT2D eigenvalue weighted by Crippen LogP contribution is 2.27. The normalized spacial score (nSPS) is 14.2. The van der Waals surface area contributed by atoms with Gasteiger partial charge in [0, 0.05) is 31.6 Å². The number of hydrogen-bond donors (Lipinski definition) is 3. The average Bonchev–Trinajstić information content (AvgIpc) is 3.10. The number of rotatable bonds is 8. The first-order valence-corrected chi connectivity index (χ1v) is 8.59. The van der Waals surface area contributed by atoms with Crippen molar-refractivity contribution in [3.8, 4) is 5.75 Å². The first kappa shape index (κ1) is 18.1. The number of benzene rings is 1. The lowest BCUT2D eigenvalue weighted by Crippen LogP contribution is -2.40. The molecule has 0 aliphatic heterocycles. The molecule has 0 aromatic heterocycles. The summed E-state index contributed by atoms with van der Waals surface area (Å²) < 4.78 is 5.24. The molecule has 132 valence electrons. The Labute approximate surface area is 143 Å². The minimum atomic E-state index is -0.258. The van der Waals surface area contributed by atoms with Gasteiger partial charge in [0.1, 0.15) is 5.75 Å². The monoisotopic (exact) mass is 333 g/mol. The van der Waals surface area contributed by atoms with Crippen molar-refractivity contribution >= 4 is 11.9 Å². The van der Waals surface area contributed by atoms with Crippen molar-refractivity contribution < 1.29 is 14.3 Å². The summed E-state index contributed by atoms with van der Waals surface area (Å²) in [6.07, 6.45) is 5.42. The minimum Gasteiger partial charge on any atom is -0.496 e. The van der Waals surface area contributed by atoms with E-state index in [9.17, 15) is 9.59 Å². The topological polar surface area (TPSA) is 79.5 Å². The van der Waals surface area contributed by atoms with Crippen LogP contribution < -0.4 is 20.7 Å². The van der Waals surface area contributed by atoms with Crippen molar-refractivity contribution in [2.24, 2.45) is 5.92 Å². The summed E-state index contributed by atoms with van der Waals surface area (Å²) in [7, 11) is 1.60. The lowest BCUT2D eigenvalue weighted by Gasteiger charge is -2.12. The van der Waals surface area contributed by atoms with Crippen LogP contribution in [0.4, 0.5) is 4.79 Å². The van der Waals surface area contributed by atoms with Gasteiger partial charge in [0.05, 0.1) is 7.11 Å². The number of nitrogens with one attached hydrogen (secondary N) is 3. The molecule has 1 aromatic carbocycles. The van der Waals surface area contributed by atoms with E-state index < -0.39 is 0 Å². The second-order valence-corrected chi connectivity index (χ2v) is 6.13. The summed E-state index contributed by atoms with van der Waals surface area (Å²) in [4.78, 5) is 23.5. The second-order valence-electron chi connectivity index (χ2n) is 6.13. The van der Waals surface area contributed by atoms with Crippen LogP contribution in [0.5, 0.6) is 5.75 Å². The molecule has 3 N–H and O–H groups in total. The number of hydrogen-bond acceptors (Lipinski definition) is 3. The molecule has 0 unspecified atom stereocenters. The predicted octanol–water partition coefficient (Wildman–Crippen LogP) is 2.19. The minimum absolute atomic E-state index is 0.0816. The van der Waals surface area contributed by atoms with Gasteiger partial charge in [0.25, 0.3) is 0 Å². The van der Waals surface area contributed by atoms with Crippen LogP contribution in [0.2, 0.25) is 0 Å². The Bertz CT molecular complexity index is 542. The summed E-state index contributed by atoms with van der Waals surface area (Å²) in [5, 5.41) is 8.37. The van der Waals surface area contributed by atoms with Crippen LogP contribution in [-0.4, -0.2) is 32.1 Å². The Morgan fingerprint density at radius 3 is 2.54 bits per heavy atom. The van der Waals surface area contributed by atoms with E-state index in [-0.39, 0.29) is 11.9 Å². The third-order valence-corrected chi connectivity index (χ3v) is 4.31. The molecule has 0 heterocycles. The van der Waals surface area contributed by atoms with Crippen LogP contribution in [0.15, 0.2) is 24.3 Å². The van der Waals surface area contributed by atoms with Crippen molar-refractivity contribution in [1.29, 1.82) is 0 Å². The molecule has 1 aliphatic carbocycles. The number of para-hydroxylation sites is 1. The van der Waals surface area contributed by atoms with E-state index in [1.165, 1.54) is 12.8 Å². The van der Waals surface area contributed by atoms with E-state index >= 15 is 0 Å². The fourth-order valence-electron chi connectivity index (χ4n) is 3.01. The van der Waals surface area contributed by atoms with Gasteiger partial charge in [-0.1, -0.05) is 31.0 Å². The molecule has 6 nitrogen and oxygen atoms in total. The van der Waals surface area contributed by atoms with Gasteiger partial charge < -0.3 is 20.7 Å². The van der Waals surface area contributed by atoms with E-state index in [4.69, 9.17) is 4.74 Å². The van der Waals surface area contributed by atoms with Gasteiger partial charge in [0.2, 0.25) is 5.91 Å². The highest BCUT2D eigenvalue weighted by molar-refractivity contribution is 5.76. The van der Waals surface area contributed by atoms with Gasteiger partial charge in [0.15, 0.2) is 0 Å². The zero-order valence-electron chi connectivity index (χ0n) is 14.3. The van der Waals surface area contributed by atoms with Crippen LogP contribution in [0.3, 0.4) is 0 Å². The van der Waals surface area contributed by atoms with Crippen LogP contribution in [0, 0.1) is 5.92 Å². The molecule has 1 aromatic rings. The molecule has 2 rings (SSSR count). The van der Waals surface area contributed by atoms with E-state index in [1.807, 2.05) is 24.3 Å². The fraction of sp³-hybridized carbons (Fsp3) is 0.556. The lowest BCUT2D eigenvalue weighted by molar-refractivity contribution is -0.121. The largest absolute Gasteiger partial charge is 0.496 e. The van der Waals surface area contributed by atoms with Crippen molar-refractivity contribution in [3.05, 3.63) is 29.8 Å². The quantitative estimate of drug-likeness (QED) is 0.638. The standard InChI is InChI=1S/C18H27N3O3/c1-24-16-9-5-4-8-15(16)13-21-18(23)20-11-10-19-17(22)12-14-6-2-3-7-14/h4-5,8-9,14H,2-3,6-7,10-13H2,1H3,(H,19,22)(H2,20,21,23). The molecule has 0 saturated heterocycles. The van der Waals surface area contributed by atoms with Gasteiger partial charge >= 0.3 is 6.03 Å². The van der Waals surface area contributed by atoms with Crippen LogP contribution in [0.1, 0.15) is 37.7 Å². The van der Waals surface area contributed by atoms with Gasteiger partial charge in [-0.2, -0.15) is 0 Å². The van der Waals surface area contributed by atoms with Crippen molar-refractivity contribution in [3.63, 3.8) is 0 Å². The highest BCUT2D eigenvalue weighted by Gasteiger charge is 2.17. The van der Waals surface area contributed by atoms with Gasteiger partial charge in [-0.3, -0.25) is 4.79 Å². The Morgan fingerprint density at radius 1 is 1.08 bits per heavy atom. The maximum atomic E-state index is 11.8. The number of urea groups is 1. The van der Waals surface area contributed by atoms with Gasteiger partial charge in [-0.25, -0.2) is 4.79 Å². The molecule has 0 bridgehead atoms. The SMILES string of the molecule is COc1ccccc1CNC(=O)NCCNC(=O)CC1CCCC1. The van der Waals surface area contributed by atoms with Crippen LogP contribution in [0.25, 0.3) is 0 Å². The Morgan fingerprint density at radius 2 is 1.79 bits per heavy atom. The third-order valence-electron chi connectivity index (χ3n) is 4.31. The molecular formula is C18H27N3O3. The molecule has 1 aliphatic rings. The zero-order valence-corrected chi connectivity index (χ0v) is 14.3. The molecule has 0 spiro atoms. The maximum absolute atomic E-state index is 11.8. The van der Waals surface area contributed by atoms with E-state index in [2.05, 4.69) is 16.0 Å². The summed E-state index contributed by atoms with van der Waals surface area (Å²) in [5.41, 5.74) is 0.917. The first-order valence-electron chi connectivity index (χ1n) is 8.59. The Hall–Kier alpha value is -2.24. The third kappa shape index (κ3) is 6.10. The molecule has 3 amide bonds. The summed E-state index contributed by atoms with van der Waals surface area (Å²) in [6, 6.07) is 7.29. The fourth-order valence-corrected chi connectivity index (χ4v) is 3.01. The van der Waals surface area contributed by atoms with Crippen molar-refractivity contribution in [2.45, 2.75) is 38.6 Å². The summed E-state index contributed by atoms with van der Waals surface area (Å²) in [5.74, 6) is 1.37. The molecule has 24 heavy (non-hydrogen) atoms. The van der Waals surface area contributed by atoms with Crippen molar-refractivity contribution in [1.82, 2.24) is 16.0 Å². The van der Waals surface area contributed by atoms with E-state index in [0.717, 1.165) is 24.2 Å². The van der Waals surface area contributed by atoms with E-state index in [1.54, 1.807) is 7.11 Å². The number of carbonyl (C=O) groups excluding carboxylic acids is 2. The van der Waals surface area contributed by atoms with Crippen LogP contribution in [-0.2, 0) is 11.3 Å². The van der Waals surface area contributed by atoms with Gasteiger partial charge in [-0.15, -0.1) is 0 Å². The predicted molar refractivity (Wildman–Crippen MR) is 92.8 cm³/mol. The zero-order chi connectivity index (χ0) is 17.2. The number of ether oxygens (including phenoxy) is 1. The molecule has 6 heteroatoms. The number of amides is 3. The first-order chi connectivity index (χ1) is 11.7. The smallest absolute Gasteiger partial charge is 0.315 e. The lowest BCUT2D eigenvalue weighted by atomic mass is 10.0. The Balaban J connectivity index is 1.57. The molecule has 0 radical (unpaired) electrons. The van der Waals surface area contributed by atoms with Crippen molar-refractivity contribution in [2.75, 3.05) is 20.2 Å². The Kier molecular flexibility index (Phi) is 7.39. The number of carbonyl (C=O) groups is 2. The molecule has 1 saturated carbocycles. The average molecular weight is 333 g/mol.